The lowest BCUT2D eigenvalue weighted by Gasteiger charge is -2.40. The fraction of sp³-hybridized carbons (Fsp3) is 0.250. The highest BCUT2D eigenvalue weighted by Gasteiger charge is 2.31. The number of piperazine rings is 1. The van der Waals surface area contributed by atoms with Gasteiger partial charge in [0.2, 0.25) is 5.91 Å². The summed E-state index contributed by atoms with van der Waals surface area (Å²) >= 11 is 0. The SMILES string of the molecule is CC1CN(C(=O)Cc2ccc(OC(F)(F)F)cc2)CCN1c1nnc(-c2ccc(F)cc2)c2ccccc12. The van der Waals surface area contributed by atoms with E-state index in [0.717, 1.165) is 16.3 Å². The Morgan fingerprint density at radius 1 is 0.947 bits per heavy atom. The quantitative estimate of drug-likeness (QED) is 0.318. The summed E-state index contributed by atoms with van der Waals surface area (Å²) in [5.41, 5.74) is 2.04. The molecule has 1 unspecified atom stereocenters. The minimum atomic E-state index is -4.76. The predicted molar refractivity (Wildman–Crippen MR) is 135 cm³/mol. The third kappa shape index (κ3) is 5.53. The number of ether oxygens (including phenoxy) is 1. The number of carbonyl (C=O) groups excluding carboxylic acids is 1. The number of hydrogen-bond acceptors (Lipinski definition) is 5. The number of nitrogens with zero attached hydrogens (tertiary/aromatic N) is 4. The van der Waals surface area contributed by atoms with Crippen molar-refractivity contribution in [1.82, 2.24) is 15.1 Å². The van der Waals surface area contributed by atoms with E-state index in [4.69, 9.17) is 0 Å². The van der Waals surface area contributed by atoms with E-state index in [-0.39, 0.29) is 29.9 Å². The maximum absolute atomic E-state index is 13.4. The Labute approximate surface area is 216 Å². The van der Waals surface area contributed by atoms with E-state index in [0.29, 0.717) is 36.7 Å². The van der Waals surface area contributed by atoms with Gasteiger partial charge in [0.15, 0.2) is 5.82 Å². The number of anilines is 1. The Hall–Kier alpha value is -4.21. The van der Waals surface area contributed by atoms with Gasteiger partial charge in [0.1, 0.15) is 17.3 Å². The normalized spacial score (nSPS) is 16.1. The number of halogens is 4. The Bertz CT molecular complexity index is 1440. The highest BCUT2D eigenvalue weighted by atomic mass is 19.4. The lowest BCUT2D eigenvalue weighted by molar-refractivity contribution is -0.274. The van der Waals surface area contributed by atoms with E-state index >= 15 is 0 Å². The number of amides is 1. The van der Waals surface area contributed by atoms with Crippen LogP contribution in [0.1, 0.15) is 12.5 Å². The van der Waals surface area contributed by atoms with Crippen molar-refractivity contribution in [3.63, 3.8) is 0 Å². The Morgan fingerprint density at radius 3 is 2.29 bits per heavy atom. The van der Waals surface area contributed by atoms with Crippen LogP contribution in [0.2, 0.25) is 0 Å². The molecule has 1 aromatic heterocycles. The van der Waals surface area contributed by atoms with Crippen molar-refractivity contribution in [1.29, 1.82) is 0 Å². The summed E-state index contributed by atoms with van der Waals surface area (Å²) in [5, 5.41) is 10.8. The van der Waals surface area contributed by atoms with E-state index in [1.165, 1.54) is 36.4 Å². The number of benzene rings is 3. The average Bonchev–Trinajstić information content (AvgIpc) is 2.89. The van der Waals surface area contributed by atoms with E-state index in [9.17, 15) is 22.4 Å². The molecule has 196 valence electrons. The summed E-state index contributed by atoms with van der Waals surface area (Å²) in [6.07, 6.45) is -4.68. The second-order valence-electron chi connectivity index (χ2n) is 9.18. The molecular weight excluding hydrogens is 500 g/mol. The molecule has 1 saturated heterocycles. The van der Waals surface area contributed by atoms with Gasteiger partial charge in [0, 0.05) is 42.0 Å². The highest BCUT2D eigenvalue weighted by molar-refractivity contribution is 6.00. The van der Waals surface area contributed by atoms with E-state index < -0.39 is 6.36 Å². The van der Waals surface area contributed by atoms with Gasteiger partial charge in [0.05, 0.1) is 6.42 Å². The summed E-state index contributed by atoms with van der Waals surface area (Å²) in [5.74, 6) is -0.0408. The van der Waals surface area contributed by atoms with E-state index in [1.54, 1.807) is 17.0 Å². The molecule has 0 aliphatic carbocycles. The van der Waals surface area contributed by atoms with E-state index in [2.05, 4.69) is 19.8 Å². The zero-order chi connectivity index (χ0) is 26.9. The number of carbonyl (C=O) groups is 1. The van der Waals surface area contributed by atoms with Crippen molar-refractivity contribution < 1.29 is 27.1 Å². The van der Waals surface area contributed by atoms with Gasteiger partial charge in [-0.2, -0.15) is 0 Å². The van der Waals surface area contributed by atoms with Crippen molar-refractivity contribution in [3.8, 4) is 17.0 Å². The summed E-state index contributed by atoms with van der Waals surface area (Å²) in [4.78, 5) is 16.8. The van der Waals surface area contributed by atoms with Crippen LogP contribution in [0.25, 0.3) is 22.0 Å². The van der Waals surface area contributed by atoms with Crippen LogP contribution in [0, 0.1) is 5.82 Å². The van der Waals surface area contributed by atoms with Crippen LogP contribution in [0.5, 0.6) is 5.75 Å². The van der Waals surface area contributed by atoms with Crippen LogP contribution in [0.15, 0.2) is 72.8 Å². The molecule has 10 heteroatoms. The highest BCUT2D eigenvalue weighted by Crippen LogP contribution is 2.33. The van der Waals surface area contributed by atoms with Gasteiger partial charge in [-0.25, -0.2) is 4.39 Å². The lowest BCUT2D eigenvalue weighted by atomic mass is 10.0. The van der Waals surface area contributed by atoms with Gasteiger partial charge in [0.25, 0.3) is 0 Å². The fourth-order valence-electron chi connectivity index (χ4n) is 4.72. The van der Waals surface area contributed by atoms with Crippen LogP contribution >= 0.6 is 0 Å². The first-order valence-electron chi connectivity index (χ1n) is 12.1. The molecule has 3 aromatic carbocycles. The molecule has 0 bridgehead atoms. The first kappa shape index (κ1) is 25.4. The smallest absolute Gasteiger partial charge is 0.406 e. The molecule has 4 aromatic rings. The molecule has 5 rings (SSSR count). The Balaban J connectivity index is 1.30. The molecule has 0 saturated carbocycles. The van der Waals surface area contributed by atoms with Gasteiger partial charge in [-0.1, -0.05) is 36.4 Å². The molecule has 0 spiro atoms. The lowest BCUT2D eigenvalue weighted by Crippen LogP contribution is -2.54. The maximum atomic E-state index is 13.4. The van der Waals surface area contributed by atoms with Gasteiger partial charge >= 0.3 is 6.36 Å². The van der Waals surface area contributed by atoms with Gasteiger partial charge in [-0.3, -0.25) is 4.79 Å². The molecule has 0 N–H and O–H groups in total. The summed E-state index contributed by atoms with van der Waals surface area (Å²) in [7, 11) is 0. The number of rotatable bonds is 5. The number of aromatic nitrogens is 2. The number of hydrogen-bond donors (Lipinski definition) is 0. The third-order valence-electron chi connectivity index (χ3n) is 6.55. The molecule has 1 aliphatic heterocycles. The van der Waals surface area contributed by atoms with Crippen molar-refractivity contribution >= 4 is 22.5 Å². The molecule has 1 fully saturated rings. The zero-order valence-electron chi connectivity index (χ0n) is 20.5. The third-order valence-corrected chi connectivity index (χ3v) is 6.55. The Morgan fingerprint density at radius 2 is 1.63 bits per heavy atom. The van der Waals surface area contributed by atoms with Crippen LogP contribution in [-0.2, 0) is 11.2 Å². The van der Waals surface area contributed by atoms with Crippen molar-refractivity contribution in [2.45, 2.75) is 25.7 Å². The topological polar surface area (TPSA) is 58.6 Å². The maximum Gasteiger partial charge on any atom is 0.573 e. The molecule has 6 nitrogen and oxygen atoms in total. The van der Waals surface area contributed by atoms with Crippen molar-refractivity contribution in [3.05, 3.63) is 84.2 Å². The monoisotopic (exact) mass is 524 g/mol. The second kappa shape index (κ2) is 10.3. The van der Waals surface area contributed by atoms with Crippen LogP contribution in [0.3, 0.4) is 0 Å². The molecular formula is C28H24F4N4O2. The zero-order valence-corrected chi connectivity index (χ0v) is 20.5. The van der Waals surface area contributed by atoms with Gasteiger partial charge in [-0.05, 0) is 48.9 Å². The van der Waals surface area contributed by atoms with Crippen molar-refractivity contribution in [2.75, 3.05) is 24.5 Å². The Kier molecular flexibility index (Phi) is 6.88. The molecule has 1 amide bonds. The molecule has 2 heterocycles. The standard InChI is InChI=1S/C28H24F4N4O2/c1-18-17-35(25(37)16-19-6-12-22(13-7-19)38-28(30,31)32)14-15-36(18)27-24-5-3-2-4-23(24)26(33-34-27)20-8-10-21(29)11-9-20/h2-13,18H,14-17H2,1H3. The first-order valence-corrected chi connectivity index (χ1v) is 12.1. The molecule has 0 radical (unpaired) electrons. The first-order chi connectivity index (χ1) is 18.2. The van der Waals surface area contributed by atoms with Gasteiger partial charge < -0.3 is 14.5 Å². The second-order valence-corrected chi connectivity index (χ2v) is 9.18. The largest absolute Gasteiger partial charge is 0.573 e. The van der Waals surface area contributed by atoms with Crippen molar-refractivity contribution in [2.24, 2.45) is 0 Å². The van der Waals surface area contributed by atoms with Crippen LogP contribution < -0.4 is 9.64 Å². The molecule has 1 atom stereocenters. The average molecular weight is 525 g/mol. The molecule has 1 aliphatic rings. The van der Waals surface area contributed by atoms with Crippen LogP contribution in [-0.4, -0.2) is 53.0 Å². The minimum Gasteiger partial charge on any atom is -0.406 e. The van der Waals surface area contributed by atoms with Gasteiger partial charge in [-0.15, -0.1) is 23.4 Å². The summed E-state index contributed by atoms with van der Waals surface area (Å²) < 4.78 is 54.4. The predicted octanol–water partition coefficient (Wildman–Crippen LogP) is 5.61. The number of fused-ring (bicyclic) bond motifs is 1. The fourth-order valence-corrected chi connectivity index (χ4v) is 4.72. The molecule has 38 heavy (non-hydrogen) atoms. The number of alkyl halides is 3. The summed E-state index contributed by atoms with van der Waals surface area (Å²) in [6, 6.07) is 19.2. The summed E-state index contributed by atoms with van der Waals surface area (Å²) in [6.45, 7) is 3.48. The van der Waals surface area contributed by atoms with E-state index in [1.807, 2.05) is 31.2 Å². The minimum absolute atomic E-state index is 0.0513. The van der Waals surface area contributed by atoms with Crippen LogP contribution in [0.4, 0.5) is 23.4 Å².